The maximum Gasteiger partial charge on any atom is 0.251 e. The monoisotopic (exact) mass is 353 g/mol. The Morgan fingerprint density at radius 3 is 2.81 bits per heavy atom. The molecule has 1 aliphatic rings. The van der Waals surface area contributed by atoms with Crippen molar-refractivity contribution in [2.24, 2.45) is 13.0 Å². The van der Waals surface area contributed by atoms with Crippen molar-refractivity contribution in [3.8, 4) is 0 Å². The van der Waals surface area contributed by atoms with Gasteiger partial charge >= 0.3 is 0 Å². The predicted molar refractivity (Wildman–Crippen MR) is 103 cm³/mol. The van der Waals surface area contributed by atoms with Crippen LogP contribution in [0.15, 0.2) is 53.5 Å². The van der Waals surface area contributed by atoms with Crippen LogP contribution in [0.4, 0.5) is 0 Å². The number of hydrogen-bond donors (Lipinski definition) is 1. The molecule has 2 heterocycles. The predicted octanol–water partition coefficient (Wildman–Crippen LogP) is 2.07. The molecule has 1 atom stereocenters. The van der Waals surface area contributed by atoms with Gasteiger partial charge in [0, 0.05) is 44.5 Å². The summed E-state index contributed by atoms with van der Waals surface area (Å²) >= 11 is 0. The number of pyridine rings is 1. The van der Waals surface area contributed by atoms with E-state index >= 15 is 0 Å². The van der Waals surface area contributed by atoms with E-state index in [1.54, 1.807) is 19.3 Å². The van der Waals surface area contributed by atoms with Gasteiger partial charge in [0.2, 0.25) is 0 Å². The van der Waals surface area contributed by atoms with Crippen molar-refractivity contribution in [2.75, 3.05) is 26.2 Å². The lowest BCUT2D eigenvalue weighted by molar-refractivity contribution is 0.0932. The second-order valence-corrected chi connectivity index (χ2v) is 7.12. The number of nitrogens with zero attached hydrogens (tertiary/aromatic N) is 2. The van der Waals surface area contributed by atoms with Gasteiger partial charge in [-0.3, -0.25) is 9.59 Å². The normalized spacial score (nSPS) is 17.8. The minimum Gasteiger partial charge on any atom is -0.352 e. The van der Waals surface area contributed by atoms with Gasteiger partial charge in [0.05, 0.1) is 0 Å². The second kappa shape index (κ2) is 8.81. The minimum atomic E-state index is -0.164. The lowest BCUT2D eigenvalue weighted by atomic mass is 9.97. The van der Waals surface area contributed by atoms with Gasteiger partial charge < -0.3 is 14.8 Å². The van der Waals surface area contributed by atoms with Crippen LogP contribution in [0.25, 0.3) is 0 Å². The average molecular weight is 353 g/mol. The number of aryl methyl sites for hydroxylation is 1. The molecule has 2 aromatic rings. The van der Waals surface area contributed by atoms with Crippen molar-refractivity contribution in [2.45, 2.75) is 19.3 Å². The van der Waals surface area contributed by atoms with E-state index in [2.05, 4.69) is 34.5 Å². The molecule has 1 saturated heterocycles. The molecule has 1 unspecified atom stereocenters. The first-order valence-electron chi connectivity index (χ1n) is 9.33. The summed E-state index contributed by atoms with van der Waals surface area (Å²) in [6.07, 6.45) is 5.00. The number of hydrogen-bond acceptors (Lipinski definition) is 3. The van der Waals surface area contributed by atoms with E-state index in [-0.39, 0.29) is 11.5 Å². The lowest BCUT2D eigenvalue weighted by Gasteiger charge is -2.32. The molecule has 0 spiro atoms. The van der Waals surface area contributed by atoms with E-state index in [1.165, 1.54) is 22.6 Å². The van der Waals surface area contributed by atoms with E-state index in [0.29, 0.717) is 18.0 Å². The molecule has 1 N–H and O–H groups in total. The third-order valence-corrected chi connectivity index (χ3v) is 5.08. The fraction of sp³-hybridized carbons (Fsp3) is 0.429. The standard InChI is InChI=1S/C21H27N3O2/c1-23-12-10-19(14-20(23)25)21(26)22-15-18-8-5-11-24(16-18)13-9-17-6-3-2-4-7-17/h2-4,6-7,10,12,14,18H,5,8-9,11,13,15-16H2,1H3,(H,22,26). The Morgan fingerprint density at radius 2 is 2.04 bits per heavy atom. The van der Waals surface area contributed by atoms with Crippen LogP contribution in [0.2, 0.25) is 0 Å². The second-order valence-electron chi connectivity index (χ2n) is 7.12. The van der Waals surface area contributed by atoms with Crippen LogP contribution >= 0.6 is 0 Å². The van der Waals surface area contributed by atoms with Crippen LogP contribution in [0, 0.1) is 5.92 Å². The molecule has 138 valence electrons. The van der Waals surface area contributed by atoms with Crippen molar-refractivity contribution in [1.29, 1.82) is 0 Å². The Balaban J connectivity index is 1.46. The molecular formula is C21H27N3O2. The first-order valence-corrected chi connectivity index (χ1v) is 9.33. The van der Waals surface area contributed by atoms with Crippen molar-refractivity contribution >= 4 is 5.91 Å². The van der Waals surface area contributed by atoms with Gasteiger partial charge in [0.15, 0.2) is 0 Å². The van der Waals surface area contributed by atoms with E-state index < -0.39 is 0 Å². The number of rotatable bonds is 6. The zero-order valence-electron chi connectivity index (χ0n) is 15.4. The summed E-state index contributed by atoms with van der Waals surface area (Å²) in [6.45, 7) is 3.87. The summed E-state index contributed by atoms with van der Waals surface area (Å²) < 4.78 is 1.46. The minimum absolute atomic E-state index is 0.163. The third kappa shape index (κ3) is 5.05. The van der Waals surface area contributed by atoms with Crippen molar-refractivity contribution in [3.05, 3.63) is 70.1 Å². The highest BCUT2D eigenvalue weighted by molar-refractivity contribution is 5.93. The van der Waals surface area contributed by atoms with E-state index in [1.807, 2.05) is 6.07 Å². The number of piperidine rings is 1. The zero-order chi connectivity index (χ0) is 18.4. The highest BCUT2D eigenvalue weighted by Gasteiger charge is 2.20. The van der Waals surface area contributed by atoms with Crippen LogP contribution in [0.5, 0.6) is 0 Å². The maximum atomic E-state index is 12.3. The summed E-state index contributed by atoms with van der Waals surface area (Å²) in [5.74, 6) is 0.305. The van der Waals surface area contributed by atoms with Crippen molar-refractivity contribution < 1.29 is 4.79 Å². The van der Waals surface area contributed by atoms with Crippen molar-refractivity contribution in [1.82, 2.24) is 14.8 Å². The van der Waals surface area contributed by atoms with Crippen LogP contribution < -0.4 is 10.9 Å². The molecule has 26 heavy (non-hydrogen) atoms. The van der Waals surface area contributed by atoms with E-state index in [0.717, 1.165) is 32.5 Å². The molecule has 0 bridgehead atoms. The average Bonchev–Trinajstić information content (AvgIpc) is 2.68. The van der Waals surface area contributed by atoms with E-state index in [4.69, 9.17) is 0 Å². The Bertz CT molecular complexity index is 785. The first kappa shape index (κ1) is 18.4. The lowest BCUT2D eigenvalue weighted by Crippen LogP contribution is -2.41. The number of amides is 1. The number of aromatic nitrogens is 1. The molecule has 0 radical (unpaired) electrons. The fourth-order valence-corrected chi connectivity index (χ4v) is 3.48. The van der Waals surface area contributed by atoms with Gasteiger partial charge in [-0.1, -0.05) is 30.3 Å². The maximum absolute atomic E-state index is 12.3. The number of likely N-dealkylation sites (tertiary alicyclic amines) is 1. The Hall–Kier alpha value is -2.40. The van der Waals surface area contributed by atoms with Crippen molar-refractivity contribution in [3.63, 3.8) is 0 Å². The van der Waals surface area contributed by atoms with Gasteiger partial charge in [0.25, 0.3) is 11.5 Å². The number of carbonyl (C=O) groups excluding carboxylic acids is 1. The van der Waals surface area contributed by atoms with Gasteiger partial charge in [-0.05, 0) is 43.4 Å². The van der Waals surface area contributed by atoms with Gasteiger partial charge in [-0.2, -0.15) is 0 Å². The SMILES string of the molecule is Cn1ccc(C(=O)NCC2CCCN(CCc3ccccc3)C2)cc1=O. The highest BCUT2D eigenvalue weighted by atomic mass is 16.2. The fourth-order valence-electron chi connectivity index (χ4n) is 3.48. The molecule has 1 aromatic heterocycles. The Morgan fingerprint density at radius 1 is 1.23 bits per heavy atom. The Labute approximate surface area is 154 Å². The van der Waals surface area contributed by atoms with Gasteiger partial charge in [0.1, 0.15) is 0 Å². The first-order chi connectivity index (χ1) is 12.6. The number of nitrogens with one attached hydrogen (secondary N) is 1. The molecule has 1 aromatic carbocycles. The number of carbonyl (C=O) groups is 1. The summed E-state index contributed by atoms with van der Waals surface area (Å²) in [4.78, 5) is 26.4. The molecule has 0 aliphatic carbocycles. The molecule has 1 aliphatic heterocycles. The number of benzene rings is 1. The highest BCUT2D eigenvalue weighted by Crippen LogP contribution is 2.16. The molecule has 1 fully saturated rings. The summed E-state index contributed by atoms with van der Waals surface area (Å²) in [7, 11) is 1.68. The molecule has 5 nitrogen and oxygen atoms in total. The molecule has 3 rings (SSSR count). The smallest absolute Gasteiger partial charge is 0.251 e. The molecule has 0 saturated carbocycles. The molecule has 1 amide bonds. The quantitative estimate of drug-likeness (QED) is 0.865. The summed E-state index contributed by atoms with van der Waals surface area (Å²) in [5, 5.41) is 3.00. The van der Waals surface area contributed by atoms with Crippen LogP contribution in [0.1, 0.15) is 28.8 Å². The van der Waals surface area contributed by atoms with Gasteiger partial charge in [-0.25, -0.2) is 0 Å². The van der Waals surface area contributed by atoms with Gasteiger partial charge in [-0.15, -0.1) is 0 Å². The Kier molecular flexibility index (Phi) is 6.23. The summed E-state index contributed by atoms with van der Waals surface area (Å²) in [6, 6.07) is 13.6. The molecule has 5 heteroatoms. The van der Waals surface area contributed by atoms with E-state index in [9.17, 15) is 9.59 Å². The third-order valence-electron chi connectivity index (χ3n) is 5.08. The zero-order valence-corrected chi connectivity index (χ0v) is 15.4. The largest absolute Gasteiger partial charge is 0.352 e. The molecular weight excluding hydrogens is 326 g/mol. The van der Waals surface area contributed by atoms with Crippen LogP contribution in [-0.4, -0.2) is 41.6 Å². The van der Waals surface area contributed by atoms with Crippen LogP contribution in [0.3, 0.4) is 0 Å². The topological polar surface area (TPSA) is 54.3 Å². The van der Waals surface area contributed by atoms with Crippen LogP contribution in [-0.2, 0) is 13.5 Å². The summed E-state index contributed by atoms with van der Waals surface area (Å²) in [5.41, 5.74) is 1.64.